The number of nitrogens with one attached hydrogen (secondary N) is 1. The SMILES string of the molecule is O=C(O)C1c2ccccc2C(=O)N(c2ccc(-c3ccn[nH]3)cc2)C1c1ccc2c(c1)OCCO2. The second-order valence-electron chi connectivity index (χ2n) is 8.44. The number of carbonyl (C=O) groups is 2. The van der Waals surface area contributed by atoms with E-state index in [1.54, 1.807) is 53.6 Å². The summed E-state index contributed by atoms with van der Waals surface area (Å²) in [6.07, 6.45) is 1.67. The number of rotatable bonds is 4. The minimum Gasteiger partial charge on any atom is -0.486 e. The maximum Gasteiger partial charge on any atom is 0.313 e. The molecule has 35 heavy (non-hydrogen) atoms. The van der Waals surface area contributed by atoms with Crippen molar-refractivity contribution >= 4 is 17.6 Å². The molecule has 0 fully saturated rings. The fourth-order valence-corrected chi connectivity index (χ4v) is 4.89. The Morgan fingerprint density at radius 3 is 2.49 bits per heavy atom. The molecule has 3 aromatic carbocycles. The van der Waals surface area contributed by atoms with Crippen LogP contribution in [0, 0.1) is 0 Å². The van der Waals surface area contributed by atoms with Gasteiger partial charge in [0.1, 0.15) is 19.1 Å². The van der Waals surface area contributed by atoms with Gasteiger partial charge in [-0.25, -0.2) is 0 Å². The fourth-order valence-electron chi connectivity index (χ4n) is 4.89. The van der Waals surface area contributed by atoms with Gasteiger partial charge in [-0.05, 0) is 53.1 Å². The Balaban J connectivity index is 1.52. The average molecular weight is 467 g/mol. The Kier molecular flexibility index (Phi) is 4.99. The van der Waals surface area contributed by atoms with Crippen LogP contribution in [0.3, 0.4) is 0 Å². The highest BCUT2D eigenvalue weighted by molar-refractivity contribution is 6.11. The molecule has 2 aliphatic heterocycles. The molecule has 174 valence electrons. The summed E-state index contributed by atoms with van der Waals surface area (Å²) in [7, 11) is 0. The highest BCUT2D eigenvalue weighted by Crippen LogP contribution is 2.47. The van der Waals surface area contributed by atoms with Gasteiger partial charge < -0.3 is 14.6 Å². The summed E-state index contributed by atoms with van der Waals surface area (Å²) >= 11 is 0. The van der Waals surface area contributed by atoms with Crippen molar-refractivity contribution in [3.8, 4) is 22.8 Å². The monoisotopic (exact) mass is 467 g/mol. The molecule has 0 saturated heterocycles. The number of hydrogen-bond donors (Lipinski definition) is 2. The number of aromatic nitrogens is 2. The zero-order chi connectivity index (χ0) is 23.9. The molecule has 2 N–H and O–H groups in total. The fraction of sp³-hybridized carbons (Fsp3) is 0.148. The number of aliphatic carboxylic acids is 1. The minimum atomic E-state index is -1.01. The maximum absolute atomic E-state index is 13.8. The number of aromatic amines is 1. The van der Waals surface area contributed by atoms with E-state index in [1.807, 2.05) is 30.3 Å². The second kappa shape index (κ2) is 8.32. The molecule has 0 aliphatic carbocycles. The summed E-state index contributed by atoms with van der Waals surface area (Å²) in [6.45, 7) is 0.859. The van der Waals surface area contributed by atoms with E-state index in [-0.39, 0.29) is 5.91 Å². The Labute approximate surface area is 200 Å². The topological polar surface area (TPSA) is 105 Å². The molecule has 0 saturated carbocycles. The molecule has 6 rings (SSSR count). The molecule has 4 aromatic rings. The third kappa shape index (κ3) is 3.50. The van der Waals surface area contributed by atoms with Crippen LogP contribution in [0.2, 0.25) is 0 Å². The van der Waals surface area contributed by atoms with E-state index in [2.05, 4.69) is 10.2 Å². The summed E-state index contributed by atoms with van der Waals surface area (Å²) in [6, 6.07) is 20.8. The van der Waals surface area contributed by atoms with Crippen molar-refractivity contribution in [1.29, 1.82) is 0 Å². The third-order valence-electron chi connectivity index (χ3n) is 6.47. The number of hydrogen-bond acceptors (Lipinski definition) is 5. The number of H-pyrrole nitrogens is 1. The van der Waals surface area contributed by atoms with Crippen molar-refractivity contribution in [2.24, 2.45) is 0 Å². The van der Waals surface area contributed by atoms with Crippen molar-refractivity contribution in [2.45, 2.75) is 12.0 Å². The number of carbonyl (C=O) groups excluding carboxylic acids is 1. The molecule has 2 atom stereocenters. The summed E-state index contributed by atoms with van der Waals surface area (Å²) < 4.78 is 11.4. The molecule has 0 spiro atoms. The second-order valence-corrected chi connectivity index (χ2v) is 8.44. The van der Waals surface area contributed by atoms with Crippen LogP contribution in [0.5, 0.6) is 11.5 Å². The first kappa shape index (κ1) is 21.0. The normalized spacial score (nSPS) is 18.7. The number of carboxylic acid groups (broad SMARTS) is 1. The first-order valence-electron chi connectivity index (χ1n) is 11.3. The number of ether oxygens (including phenoxy) is 2. The summed E-state index contributed by atoms with van der Waals surface area (Å²) in [5, 5.41) is 17.3. The van der Waals surface area contributed by atoms with Gasteiger partial charge in [0.05, 0.1) is 11.7 Å². The van der Waals surface area contributed by atoms with Crippen LogP contribution in [0.1, 0.15) is 33.4 Å². The van der Waals surface area contributed by atoms with Crippen LogP contribution in [0.25, 0.3) is 11.3 Å². The Bertz CT molecular complexity index is 1420. The third-order valence-corrected chi connectivity index (χ3v) is 6.47. The van der Waals surface area contributed by atoms with Crippen LogP contribution in [0.4, 0.5) is 5.69 Å². The van der Waals surface area contributed by atoms with Gasteiger partial charge in [-0.2, -0.15) is 5.10 Å². The lowest BCUT2D eigenvalue weighted by Crippen LogP contribution is -2.45. The van der Waals surface area contributed by atoms with Crippen LogP contribution < -0.4 is 14.4 Å². The highest BCUT2D eigenvalue weighted by Gasteiger charge is 2.45. The van der Waals surface area contributed by atoms with Crippen LogP contribution in [0.15, 0.2) is 79.0 Å². The van der Waals surface area contributed by atoms with E-state index in [9.17, 15) is 14.7 Å². The molecule has 1 amide bonds. The van der Waals surface area contributed by atoms with Crippen LogP contribution in [-0.2, 0) is 4.79 Å². The molecular weight excluding hydrogens is 446 g/mol. The van der Waals surface area contributed by atoms with Gasteiger partial charge in [-0.1, -0.05) is 36.4 Å². The first-order valence-corrected chi connectivity index (χ1v) is 11.3. The molecule has 1 aromatic heterocycles. The van der Waals surface area contributed by atoms with Gasteiger partial charge in [-0.15, -0.1) is 0 Å². The number of fused-ring (bicyclic) bond motifs is 2. The Hall–Kier alpha value is -4.59. The zero-order valence-electron chi connectivity index (χ0n) is 18.5. The van der Waals surface area contributed by atoms with E-state index >= 15 is 0 Å². The number of anilines is 1. The quantitative estimate of drug-likeness (QED) is 0.461. The van der Waals surface area contributed by atoms with Crippen molar-refractivity contribution in [1.82, 2.24) is 10.2 Å². The van der Waals surface area contributed by atoms with Crippen molar-refractivity contribution < 1.29 is 24.2 Å². The van der Waals surface area contributed by atoms with E-state index in [0.717, 1.165) is 11.3 Å². The molecule has 8 heteroatoms. The largest absolute Gasteiger partial charge is 0.486 e. The van der Waals surface area contributed by atoms with E-state index in [1.165, 1.54) is 0 Å². The predicted octanol–water partition coefficient (Wildman–Crippen LogP) is 4.42. The maximum atomic E-state index is 13.8. The Morgan fingerprint density at radius 2 is 1.74 bits per heavy atom. The lowest BCUT2D eigenvalue weighted by molar-refractivity contribution is -0.139. The molecule has 0 bridgehead atoms. The lowest BCUT2D eigenvalue weighted by atomic mass is 9.79. The molecule has 2 aliphatic rings. The van der Waals surface area contributed by atoms with Crippen LogP contribution in [-0.4, -0.2) is 40.4 Å². The van der Waals surface area contributed by atoms with Crippen molar-refractivity contribution in [3.63, 3.8) is 0 Å². The molecule has 3 heterocycles. The number of carboxylic acids is 1. The summed E-state index contributed by atoms with van der Waals surface area (Å²) in [5.74, 6) is -1.10. The summed E-state index contributed by atoms with van der Waals surface area (Å²) in [4.78, 5) is 28.1. The number of amides is 1. The van der Waals surface area contributed by atoms with Gasteiger partial charge >= 0.3 is 5.97 Å². The van der Waals surface area contributed by atoms with Gasteiger partial charge in [0.15, 0.2) is 11.5 Å². The minimum absolute atomic E-state index is 0.257. The molecule has 0 radical (unpaired) electrons. The van der Waals surface area contributed by atoms with Crippen molar-refractivity contribution in [2.75, 3.05) is 18.1 Å². The average Bonchev–Trinajstić information content (AvgIpc) is 3.43. The van der Waals surface area contributed by atoms with Crippen LogP contribution >= 0.6 is 0 Å². The van der Waals surface area contributed by atoms with Gasteiger partial charge in [0.2, 0.25) is 0 Å². The number of nitrogens with zero attached hydrogens (tertiary/aromatic N) is 2. The molecule has 8 nitrogen and oxygen atoms in total. The van der Waals surface area contributed by atoms with E-state index in [4.69, 9.17) is 9.47 Å². The molecular formula is C27H21N3O5. The predicted molar refractivity (Wildman–Crippen MR) is 128 cm³/mol. The van der Waals surface area contributed by atoms with E-state index in [0.29, 0.717) is 47.1 Å². The number of benzene rings is 3. The molecule has 2 unspecified atom stereocenters. The Morgan fingerprint density at radius 1 is 0.971 bits per heavy atom. The van der Waals surface area contributed by atoms with E-state index < -0.39 is 17.9 Å². The van der Waals surface area contributed by atoms with Gasteiger partial charge in [0.25, 0.3) is 5.91 Å². The van der Waals surface area contributed by atoms with Crippen molar-refractivity contribution in [3.05, 3.63) is 95.7 Å². The lowest BCUT2D eigenvalue weighted by Gasteiger charge is -2.41. The summed E-state index contributed by atoms with van der Waals surface area (Å²) in [5.41, 5.74) is 3.88. The van der Waals surface area contributed by atoms with Gasteiger partial charge in [0, 0.05) is 17.4 Å². The van der Waals surface area contributed by atoms with Gasteiger partial charge in [-0.3, -0.25) is 19.6 Å². The standard InChI is InChI=1S/C27H21N3O5/c31-26-20-4-2-1-3-19(20)24(27(32)33)25(17-7-10-22-23(15-17)35-14-13-34-22)30(26)18-8-5-16(6-9-18)21-11-12-28-29-21/h1-12,15,24-25H,13-14H2,(H,28,29)(H,32,33). The smallest absolute Gasteiger partial charge is 0.313 e. The highest BCUT2D eigenvalue weighted by atomic mass is 16.6. The first-order chi connectivity index (χ1) is 17.1. The zero-order valence-corrected chi connectivity index (χ0v) is 18.5.